The van der Waals surface area contributed by atoms with E-state index in [0.29, 0.717) is 0 Å². The number of benzene rings is 1. The second kappa shape index (κ2) is 4.43. The van der Waals surface area contributed by atoms with Crippen LogP contribution in [0.25, 0.3) is 0 Å². The molecule has 0 aromatic heterocycles. The van der Waals surface area contributed by atoms with Gasteiger partial charge in [-0.15, -0.1) is 0 Å². The lowest BCUT2D eigenvalue weighted by atomic mass is 9.83. The standard InChI is InChI=1S/C12H17NO2/c1-4-12(2,3)9-10-5-7-11(8-6-10)13(14)15/h5-8H,4,9H2,1-3H3. The Bertz CT molecular complexity index is 341. The van der Waals surface area contributed by atoms with Crippen molar-refractivity contribution >= 4 is 5.69 Å². The fraction of sp³-hybridized carbons (Fsp3) is 0.500. The van der Waals surface area contributed by atoms with Gasteiger partial charge in [-0.1, -0.05) is 39.3 Å². The molecule has 0 fully saturated rings. The van der Waals surface area contributed by atoms with Crippen molar-refractivity contribution in [1.29, 1.82) is 0 Å². The highest BCUT2D eigenvalue weighted by Crippen LogP contribution is 2.26. The van der Waals surface area contributed by atoms with Crippen LogP contribution in [0.4, 0.5) is 5.69 Å². The summed E-state index contributed by atoms with van der Waals surface area (Å²) in [6.45, 7) is 6.56. The first-order chi connectivity index (χ1) is 6.94. The van der Waals surface area contributed by atoms with Crippen molar-refractivity contribution in [3.63, 3.8) is 0 Å². The van der Waals surface area contributed by atoms with Crippen LogP contribution in [0.2, 0.25) is 0 Å². The Morgan fingerprint density at radius 3 is 2.20 bits per heavy atom. The van der Waals surface area contributed by atoms with E-state index in [2.05, 4.69) is 20.8 Å². The number of hydrogen-bond acceptors (Lipinski definition) is 2. The van der Waals surface area contributed by atoms with Crippen LogP contribution in [0.3, 0.4) is 0 Å². The molecule has 0 radical (unpaired) electrons. The largest absolute Gasteiger partial charge is 0.269 e. The van der Waals surface area contributed by atoms with Crippen LogP contribution in [-0.2, 0) is 6.42 Å². The third kappa shape index (κ3) is 3.35. The first-order valence-electron chi connectivity index (χ1n) is 5.18. The molecular weight excluding hydrogens is 190 g/mol. The first-order valence-corrected chi connectivity index (χ1v) is 5.18. The minimum Gasteiger partial charge on any atom is -0.258 e. The summed E-state index contributed by atoms with van der Waals surface area (Å²) in [7, 11) is 0. The third-order valence-electron chi connectivity index (χ3n) is 2.79. The molecule has 0 bridgehead atoms. The summed E-state index contributed by atoms with van der Waals surface area (Å²) in [5.74, 6) is 0. The Labute approximate surface area is 90.3 Å². The smallest absolute Gasteiger partial charge is 0.258 e. The number of non-ortho nitro benzene ring substituents is 1. The van der Waals surface area contributed by atoms with Crippen LogP contribution < -0.4 is 0 Å². The van der Waals surface area contributed by atoms with Crippen LogP contribution in [0.5, 0.6) is 0 Å². The fourth-order valence-corrected chi connectivity index (χ4v) is 1.41. The average molecular weight is 207 g/mol. The number of nitrogens with zero attached hydrogens (tertiary/aromatic N) is 1. The van der Waals surface area contributed by atoms with E-state index in [1.54, 1.807) is 12.1 Å². The summed E-state index contributed by atoms with van der Waals surface area (Å²) in [5.41, 5.74) is 1.58. The van der Waals surface area contributed by atoms with E-state index in [1.165, 1.54) is 0 Å². The molecule has 0 aliphatic rings. The van der Waals surface area contributed by atoms with Gasteiger partial charge in [-0.2, -0.15) is 0 Å². The summed E-state index contributed by atoms with van der Waals surface area (Å²) in [5, 5.41) is 10.5. The van der Waals surface area contributed by atoms with E-state index in [9.17, 15) is 10.1 Å². The van der Waals surface area contributed by atoms with Gasteiger partial charge in [-0.05, 0) is 17.4 Å². The van der Waals surface area contributed by atoms with E-state index in [-0.39, 0.29) is 16.0 Å². The maximum atomic E-state index is 10.5. The monoisotopic (exact) mass is 207 g/mol. The van der Waals surface area contributed by atoms with Crippen molar-refractivity contribution in [3.8, 4) is 0 Å². The van der Waals surface area contributed by atoms with Crippen molar-refractivity contribution in [2.24, 2.45) is 5.41 Å². The van der Waals surface area contributed by atoms with Crippen molar-refractivity contribution in [1.82, 2.24) is 0 Å². The SMILES string of the molecule is CCC(C)(C)Cc1ccc([N+](=O)[O-])cc1. The zero-order valence-corrected chi connectivity index (χ0v) is 9.49. The summed E-state index contributed by atoms with van der Waals surface area (Å²) < 4.78 is 0. The first kappa shape index (κ1) is 11.7. The van der Waals surface area contributed by atoms with E-state index in [1.807, 2.05) is 12.1 Å². The molecule has 0 saturated carbocycles. The zero-order valence-electron chi connectivity index (χ0n) is 9.49. The number of hydrogen-bond donors (Lipinski definition) is 0. The van der Waals surface area contributed by atoms with Crippen LogP contribution >= 0.6 is 0 Å². The lowest BCUT2D eigenvalue weighted by molar-refractivity contribution is -0.384. The molecule has 0 saturated heterocycles. The van der Waals surface area contributed by atoms with Gasteiger partial charge >= 0.3 is 0 Å². The number of nitro groups is 1. The van der Waals surface area contributed by atoms with Gasteiger partial charge in [-0.25, -0.2) is 0 Å². The second-order valence-electron chi connectivity index (χ2n) is 4.62. The van der Waals surface area contributed by atoms with E-state index in [0.717, 1.165) is 18.4 Å². The summed E-state index contributed by atoms with van der Waals surface area (Å²) in [6, 6.07) is 6.83. The molecule has 82 valence electrons. The fourth-order valence-electron chi connectivity index (χ4n) is 1.41. The topological polar surface area (TPSA) is 43.1 Å². The van der Waals surface area contributed by atoms with Gasteiger partial charge in [-0.3, -0.25) is 10.1 Å². The highest BCUT2D eigenvalue weighted by molar-refractivity contribution is 5.33. The van der Waals surface area contributed by atoms with Gasteiger partial charge in [0, 0.05) is 12.1 Å². The van der Waals surface area contributed by atoms with Crippen LogP contribution in [0, 0.1) is 15.5 Å². The molecule has 1 rings (SSSR count). The van der Waals surface area contributed by atoms with Crippen molar-refractivity contribution in [2.75, 3.05) is 0 Å². The van der Waals surface area contributed by atoms with Gasteiger partial charge in [0.25, 0.3) is 5.69 Å². The molecule has 0 amide bonds. The quantitative estimate of drug-likeness (QED) is 0.559. The molecule has 1 aromatic rings. The molecular formula is C12H17NO2. The van der Waals surface area contributed by atoms with E-state index >= 15 is 0 Å². The lowest BCUT2D eigenvalue weighted by Gasteiger charge is -2.22. The van der Waals surface area contributed by atoms with Crippen LogP contribution in [0.15, 0.2) is 24.3 Å². The number of nitro benzene ring substituents is 1. The Hall–Kier alpha value is -1.38. The predicted octanol–water partition coefficient (Wildman–Crippen LogP) is 3.57. The zero-order chi connectivity index (χ0) is 11.5. The third-order valence-corrected chi connectivity index (χ3v) is 2.79. The molecule has 15 heavy (non-hydrogen) atoms. The maximum Gasteiger partial charge on any atom is 0.269 e. The highest BCUT2D eigenvalue weighted by atomic mass is 16.6. The molecule has 0 spiro atoms. The highest BCUT2D eigenvalue weighted by Gasteiger charge is 2.16. The van der Waals surface area contributed by atoms with Crippen molar-refractivity contribution in [2.45, 2.75) is 33.6 Å². The Balaban J connectivity index is 2.77. The average Bonchev–Trinajstić information content (AvgIpc) is 2.18. The summed E-state index contributed by atoms with van der Waals surface area (Å²) >= 11 is 0. The second-order valence-corrected chi connectivity index (χ2v) is 4.62. The van der Waals surface area contributed by atoms with Gasteiger partial charge < -0.3 is 0 Å². The van der Waals surface area contributed by atoms with E-state index in [4.69, 9.17) is 0 Å². The van der Waals surface area contributed by atoms with E-state index < -0.39 is 0 Å². The van der Waals surface area contributed by atoms with Crippen LogP contribution in [0.1, 0.15) is 32.8 Å². The maximum absolute atomic E-state index is 10.5. The van der Waals surface area contributed by atoms with Crippen molar-refractivity contribution in [3.05, 3.63) is 39.9 Å². The predicted molar refractivity (Wildman–Crippen MR) is 60.9 cm³/mol. The molecule has 0 N–H and O–H groups in total. The molecule has 0 aliphatic heterocycles. The minimum atomic E-state index is -0.366. The molecule has 3 heteroatoms. The molecule has 0 atom stereocenters. The van der Waals surface area contributed by atoms with Gasteiger partial charge in [0.05, 0.1) is 4.92 Å². The Kier molecular flexibility index (Phi) is 3.45. The molecule has 3 nitrogen and oxygen atoms in total. The van der Waals surface area contributed by atoms with Gasteiger partial charge in [0.1, 0.15) is 0 Å². The molecule has 0 aliphatic carbocycles. The van der Waals surface area contributed by atoms with Crippen LogP contribution in [-0.4, -0.2) is 4.92 Å². The summed E-state index contributed by atoms with van der Waals surface area (Å²) in [6.07, 6.45) is 2.06. The lowest BCUT2D eigenvalue weighted by Crippen LogP contribution is -2.13. The van der Waals surface area contributed by atoms with Crippen molar-refractivity contribution < 1.29 is 4.92 Å². The normalized spacial score (nSPS) is 11.4. The molecule has 0 unspecified atom stereocenters. The minimum absolute atomic E-state index is 0.160. The Morgan fingerprint density at radius 2 is 1.80 bits per heavy atom. The molecule has 0 heterocycles. The number of rotatable bonds is 4. The summed E-state index contributed by atoms with van der Waals surface area (Å²) in [4.78, 5) is 10.1. The molecule has 1 aromatic carbocycles. The Morgan fingerprint density at radius 1 is 1.27 bits per heavy atom. The van der Waals surface area contributed by atoms with Gasteiger partial charge in [0.2, 0.25) is 0 Å². The van der Waals surface area contributed by atoms with Gasteiger partial charge in [0.15, 0.2) is 0 Å².